The molecular weight excluding hydrogens is 232 g/mol. The summed E-state index contributed by atoms with van der Waals surface area (Å²) in [5.41, 5.74) is -0.511. The molecule has 100 valence electrons. The van der Waals surface area contributed by atoms with Crippen molar-refractivity contribution in [3.63, 3.8) is 0 Å². The van der Waals surface area contributed by atoms with E-state index in [1.54, 1.807) is 0 Å². The molecule has 18 heavy (non-hydrogen) atoms. The van der Waals surface area contributed by atoms with Crippen molar-refractivity contribution in [2.24, 2.45) is 17.8 Å². The molecule has 1 fully saturated rings. The van der Waals surface area contributed by atoms with Crippen LogP contribution in [0.15, 0.2) is 12.2 Å². The second kappa shape index (κ2) is 4.41. The van der Waals surface area contributed by atoms with Crippen molar-refractivity contribution in [1.29, 1.82) is 0 Å². The van der Waals surface area contributed by atoms with Crippen LogP contribution >= 0.6 is 0 Å². The lowest BCUT2D eigenvalue weighted by Gasteiger charge is -2.29. The summed E-state index contributed by atoms with van der Waals surface area (Å²) in [6, 6.07) is 0. The average molecular weight is 252 g/mol. The first-order valence-electron chi connectivity index (χ1n) is 6.36. The topological polar surface area (TPSA) is 52.6 Å². The van der Waals surface area contributed by atoms with Crippen molar-refractivity contribution < 1.29 is 19.1 Å². The highest BCUT2D eigenvalue weighted by molar-refractivity contribution is 5.76. The molecular formula is C14H20O4. The van der Waals surface area contributed by atoms with E-state index in [4.69, 9.17) is 9.47 Å². The van der Waals surface area contributed by atoms with Crippen LogP contribution in [0.2, 0.25) is 0 Å². The predicted molar refractivity (Wildman–Crippen MR) is 65.6 cm³/mol. The number of rotatable bonds is 2. The maximum Gasteiger partial charge on any atom is 0.313 e. The van der Waals surface area contributed by atoms with Gasteiger partial charge in [-0.3, -0.25) is 9.59 Å². The zero-order chi connectivity index (χ0) is 13.5. The van der Waals surface area contributed by atoms with Gasteiger partial charge < -0.3 is 9.47 Å². The first-order valence-corrected chi connectivity index (χ1v) is 6.36. The van der Waals surface area contributed by atoms with Gasteiger partial charge in [0.25, 0.3) is 0 Å². The minimum Gasteiger partial charge on any atom is -0.461 e. The van der Waals surface area contributed by atoms with E-state index in [0.29, 0.717) is 0 Å². The van der Waals surface area contributed by atoms with Crippen molar-refractivity contribution in [3.05, 3.63) is 12.2 Å². The average Bonchev–Trinajstić information content (AvgIpc) is 2.73. The van der Waals surface area contributed by atoms with Crippen molar-refractivity contribution in [1.82, 2.24) is 0 Å². The van der Waals surface area contributed by atoms with Gasteiger partial charge in [0.1, 0.15) is 17.6 Å². The van der Waals surface area contributed by atoms with Gasteiger partial charge in [0.2, 0.25) is 0 Å². The van der Waals surface area contributed by atoms with Gasteiger partial charge in [-0.25, -0.2) is 0 Å². The Morgan fingerprint density at radius 1 is 1.17 bits per heavy atom. The molecule has 2 aliphatic rings. The number of carbonyl (C=O) groups is 2. The lowest BCUT2D eigenvalue weighted by molar-refractivity contribution is -0.169. The van der Waals surface area contributed by atoms with Gasteiger partial charge in [-0.05, 0) is 33.1 Å². The molecule has 2 aliphatic carbocycles. The highest BCUT2D eigenvalue weighted by atomic mass is 16.6. The number of esters is 2. The molecule has 2 rings (SSSR count). The lowest BCUT2D eigenvalue weighted by Crippen LogP contribution is -2.39. The van der Waals surface area contributed by atoms with Crippen molar-refractivity contribution >= 4 is 11.9 Å². The Balaban J connectivity index is 2.12. The number of ether oxygens (including phenoxy) is 2. The maximum atomic E-state index is 12.2. The maximum absolute atomic E-state index is 12.2. The third kappa shape index (κ3) is 2.57. The highest BCUT2D eigenvalue weighted by Gasteiger charge is 2.51. The van der Waals surface area contributed by atoms with Crippen LogP contribution in [0.5, 0.6) is 0 Å². The fourth-order valence-electron chi connectivity index (χ4n) is 2.81. The zero-order valence-electron chi connectivity index (χ0n) is 11.3. The van der Waals surface area contributed by atoms with Crippen LogP contribution in [0.3, 0.4) is 0 Å². The highest BCUT2D eigenvalue weighted by Crippen LogP contribution is 2.46. The van der Waals surface area contributed by atoms with Crippen LogP contribution in [0.1, 0.15) is 34.1 Å². The first kappa shape index (κ1) is 13.1. The second-order valence-electron chi connectivity index (χ2n) is 6.08. The summed E-state index contributed by atoms with van der Waals surface area (Å²) < 4.78 is 10.7. The van der Waals surface area contributed by atoms with Crippen molar-refractivity contribution in [2.45, 2.75) is 45.8 Å². The van der Waals surface area contributed by atoms with E-state index in [9.17, 15) is 9.59 Å². The van der Waals surface area contributed by atoms with Gasteiger partial charge in [-0.2, -0.15) is 0 Å². The Morgan fingerprint density at radius 2 is 1.78 bits per heavy atom. The smallest absolute Gasteiger partial charge is 0.313 e. The molecule has 0 aromatic rings. The number of hydrogen-bond acceptors (Lipinski definition) is 4. The van der Waals surface area contributed by atoms with Crippen LogP contribution in [-0.2, 0) is 19.1 Å². The third-order valence-electron chi connectivity index (χ3n) is 3.37. The van der Waals surface area contributed by atoms with Gasteiger partial charge in [0.15, 0.2) is 0 Å². The standard InChI is InChI=1S/C14H20O4/c1-8(15)17-12-10-6-5-9(7-10)11(12)13(16)18-14(2,3)4/h5-6,9-12H,7H2,1-4H3. The molecule has 2 bridgehead atoms. The normalized spacial score (nSPS) is 33.6. The monoisotopic (exact) mass is 252 g/mol. The first-order chi connectivity index (χ1) is 8.28. The number of allylic oxidation sites excluding steroid dienone is 1. The SMILES string of the molecule is CC(=O)OC1C2C=CC(C2)C1C(=O)OC(C)(C)C. The van der Waals surface area contributed by atoms with Gasteiger partial charge in [0.05, 0.1) is 0 Å². The van der Waals surface area contributed by atoms with Crippen LogP contribution in [-0.4, -0.2) is 23.6 Å². The largest absolute Gasteiger partial charge is 0.461 e. The van der Waals surface area contributed by atoms with E-state index in [0.717, 1.165) is 6.42 Å². The van der Waals surface area contributed by atoms with E-state index in [1.807, 2.05) is 32.9 Å². The molecule has 0 radical (unpaired) electrons. The van der Waals surface area contributed by atoms with Crippen LogP contribution < -0.4 is 0 Å². The molecule has 4 heteroatoms. The van der Waals surface area contributed by atoms with Crippen molar-refractivity contribution in [3.8, 4) is 0 Å². The molecule has 4 unspecified atom stereocenters. The van der Waals surface area contributed by atoms with E-state index in [2.05, 4.69) is 0 Å². The number of fused-ring (bicyclic) bond motifs is 2. The Bertz CT molecular complexity index is 391. The summed E-state index contributed by atoms with van der Waals surface area (Å²) in [6.07, 6.45) is 4.60. The molecule has 0 amide bonds. The fraction of sp³-hybridized carbons (Fsp3) is 0.714. The molecule has 4 nitrogen and oxygen atoms in total. The minimum atomic E-state index is -0.511. The van der Waals surface area contributed by atoms with Crippen LogP contribution in [0, 0.1) is 17.8 Å². The Hall–Kier alpha value is -1.32. The molecule has 1 saturated carbocycles. The Morgan fingerprint density at radius 3 is 2.33 bits per heavy atom. The van der Waals surface area contributed by atoms with E-state index >= 15 is 0 Å². The number of hydrogen-bond donors (Lipinski definition) is 0. The molecule has 4 atom stereocenters. The van der Waals surface area contributed by atoms with Crippen LogP contribution in [0.25, 0.3) is 0 Å². The summed E-state index contributed by atoms with van der Waals surface area (Å²) >= 11 is 0. The van der Waals surface area contributed by atoms with Crippen molar-refractivity contribution in [2.75, 3.05) is 0 Å². The fourth-order valence-corrected chi connectivity index (χ4v) is 2.81. The van der Waals surface area contributed by atoms with E-state index in [-0.39, 0.29) is 35.8 Å². The molecule has 0 spiro atoms. The van der Waals surface area contributed by atoms with E-state index in [1.165, 1.54) is 6.92 Å². The van der Waals surface area contributed by atoms with Crippen LogP contribution in [0.4, 0.5) is 0 Å². The molecule has 0 saturated heterocycles. The molecule has 0 aromatic carbocycles. The Labute approximate surface area is 107 Å². The summed E-state index contributed by atoms with van der Waals surface area (Å²) in [5.74, 6) is -0.631. The summed E-state index contributed by atoms with van der Waals surface area (Å²) in [6.45, 7) is 6.90. The van der Waals surface area contributed by atoms with Gasteiger partial charge in [-0.1, -0.05) is 12.2 Å². The summed E-state index contributed by atoms with van der Waals surface area (Å²) in [7, 11) is 0. The predicted octanol–water partition coefficient (Wildman–Crippen LogP) is 2.08. The van der Waals surface area contributed by atoms with Gasteiger partial charge >= 0.3 is 11.9 Å². The Kier molecular flexibility index (Phi) is 3.21. The zero-order valence-corrected chi connectivity index (χ0v) is 11.3. The number of carbonyl (C=O) groups excluding carboxylic acids is 2. The summed E-state index contributed by atoms with van der Waals surface area (Å²) in [5, 5.41) is 0. The molecule has 0 heterocycles. The lowest BCUT2D eigenvalue weighted by atomic mass is 9.90. The molecule has 0 aromatic heterocycles. The quantitative estimate of drug-likeness (QED) is 0.557. The van der Waals surface area contributed by atoms with Gasteiger partial charge in [-0.15, -0.1) is 0 Å². The van der Waals surface area contributed by atoms with E-state index < -0.39 is 5.60 Å². The third-order valence-corrected chi connectivity index (χ3v) is 3.37. The van der Waals surface area contributed by atoms with Gasteiger partial charge in [0, 0.05) is 12.8 Å². The second-order valence-corrected chi connectivity index (χ2v) is 6.08. The molecule has 0 N–H and O–H groups in total. The summed E-state index contributed by atoms with van der Waals surface area (Å²) in [4.78, 5) is 23.3. The minimum absolute atomic E-state index is 0.147. The molecule has 0 aliphatic heterocycles.